The zero-order valence-electron chi connectivity index (χ0n) is 11.8. The first kappa shape index (κ1) is 15.4. The van der Waals surface area contributed by atoms with Crippen LogP contribution in [0.5, 0.6) is 0 Å². The molecule has 1 aromatic rings. The number of esters is 1. The lowest BCUT2D eigenvalue weighted by molar-refractivity contribution is -0.148. The van der Waals surface area contributed by atoms with Gasteiger partial charge in [0.15, 0.2) is 0 Å². The second-order valence-corrected chi connectivity index (χ2v) is 6.50. The lowest BCUT2D eigenvalue weighted by Gasteiger charge is -2.37. The van der Waals surface area contributed by atoms with Crippen LogP contribution in [0, 0.1) is 11.8 Å². The number of hydrogen-bond acceptors (Lipinski definition) is 4. The zero-order chi connectivity index (χ0) is 14.8. The van der Waals surface area contributed by atoms with Gasteiger partial charge in [0.1, 0.15) is 5.60 Å². The lowest BCUT2D eigenvalue weighted by atomic mass is 9.73. The van der Waals surface area contributed by atoms with Gasteiger partial charge in [0.2, 0.25) is 0 Å². The summed E-state index contributed by atoms with van der Waals surface area (Å²) < 4.78 is 5.68. The summed E-state index contributed by atoms with van der Waals surface area (Å²) in [6.45, 7) is 1.81. The molecular weight excluding hydrogens is 322 g/mol. The molecule has 1 aliphatic carbocycles. The maximum absolute atomic E-state index is 11.5. The molecule has 1 N–H and O–H groups in total. The molecule has 2 rings (SSSR count). The van der Waals surface area contributed by atoms with Gasteiger partial charge in [-0.1, -0.05) is 0 Å². The highest BCUT2D eigenvalue weighted by Gasteiger charge is 2.39. The van der Waals surface area contributed by atoms with Crippen molar-refractivity contribution in [3.63, 3.8) is 0 Å². The number of aromatic nitrogens is 1. The topological polar surface area (TPSA) is 59.4 Å². The molecule has 110 valence electrons. The first-order valence-corrected chi connectivity index (χ1v) is 7.66. The number of aliphatic hydroxyl groups is 1. The number of pyridine rings is 1. The molecule has 0 amide bonds. The van der Waals surface area contributed by atoms with Crippen LogP contribution in [0.2, 0.25) is 0 Å². The van der Waals surface area contributed by atoms with Crippen molar-refractivity contribution in [1.29, 1.82) is 0 Å². The van der Waals surface area contributed by atoms with Crippen molar-refractivity contribution < 1.29 is 14.6 Å². The number of methoxy groups -OCH3 is 1. The Labute approximate surface area is 127 Å². The second-order valence-electron chi connectivity index (χ2n) is 5.58. The Bertz CT molecular complexity index is 465. The fraction of sp³-hybridized carbons (Fsp3) is 0.600. The number of halogens is 1. The van der Waals surface area contributed by atoms with E-state index < -0.39 is 5.60 Å². The maximum Gasteiger partial charge on any atom is 0.308 e. The van der Waals surface area contributed by atoms with Crippen LogP contribution in [0.3, 0.4) is 0 Å². The summed E-state index contributed by atoms with van der Waals surface area (Å²) in [6.07, 6.45) is 4.85. The summed E-state index contributed by atoms with van der Waals surface area (Å²) in [7, 11) is 1.43. The molecule has 0 unspecified atom stereocenters. The average Bonchev–Trinajstić information content (AvgIpc) is 2.47. The van der Waals surface area contributed by atoms with Crippen LogP contribution in [0.1, 0.15) is 38.3 Å². The van der Waals surface area contributed by atoms with Crippen LogP contribution in [0.4, 0.5) is 0 Å². The first-order valence-electron chi connectivity index (χ1n) is 6.87. The Morgan fingerprint density at radius 3 is 2.55 bits per heavy atom. The van der Waals surface area contributed by atoms with E-state index in [9.17, 15) is 9.90 Å². The average molecular weight is 342 g/mol. The van der Waals surface area contributed by atoms with Gasteiger partial charge < -0.3 is 9.84 Å². The minimum Gasteiger partial charge on any atom is -0.469 e. The quantitative estimate of drug-likeness (QED) is 0.858. The Kier molecular flexibility index (Phi) is 4.81. The summed E-state index contributed by atoms with van der Waals surface area (Å²) in [6, 6.07) is 3.73. The van der Waals surface area contributed by atoms with E-state index in [1.807, 2.05) is 19.1 Å². The molecule has 0 aliphatic heterocycles. The van der Waals surface area contributed by atoms with Crippen LogP contribution >= 0.6 is 15.9 Å². The molecule has 1 aromatic heterocycles. The predicted octanol–water partition coefficient (Wildman–Crippen LogP) is 3.03. The van der Waals surface area contributed by atoms with Gasteiger partial charge in [-0.05, 0) is 66.6 Å². The van der Waals surface area contributed by atoms with Gasteiger partial charge in [-0.3, -0.25) is 9.78 Å². The van der Waals surface area contributed by atoms with Gasteiger partial charge in [0.05, 0.1) is 18.7 Å². The van der Waals surface area contributed by atoms with Crippen molar-refractivity contribution in [3.05, 3.63) is 28.5 Å². The molecule has 1 heterocycles. The molecule has 0 bridgehead atoms. The smallest absolute Gasteiger partial charge is 0.308 e. The molecule has 5 heteroatoms. The summed E-state index contributed by atoms with van der Waals surface area (Å²) in [4.78, 5) is 15.8. The number of rotatable bonds is 3. The van der Waals surface area contributed by atoms with E-state index in [4.69, 9.17) is 4.74 Å². The Balaban J connectivity index is 2.05. The minimum atomic E-state index is -0.957. The third-order valence-electron chi connectivity index (χ3n) is 4.30. The van der Waals surface area contributed by atoms with E-state index in [0.717, 1.165) is 30.2 Å². The Morgan fingerprint density at radius 1 is 1.40 bits per heavy atom. The number of nitrogens with zero attached hydrogens (tertiary/aromatic N) is 1. The van der Waals surface area contributed by atoms with Gasteiger partial charge in [-0.15, -0.1) is 0 Å². The molecule has 0 spiro atoms. The van der Waals surface area contributed by atoms with Gasteiger partial charge in [0.25, 0.3) is 0 Å². The van der Waals surface area contributed by atoms with Crippen molar-refractivity contribution in [2.45, 2.75) is 38.2 Å². The molecule has 4 nitrogen and oxygen atoms in total. The van der Waals surface area contributed by atoms with E-state index in [-0.39, 0.29) is 17.8 Å². The van der Waals surface area contributed by atoms with Crippen LogP contribution < -0.4 is 0 Å². The first-order chi connectivity index (χ1) is 9.45. The second kappa shape index (κ2) is 6.22. The maximum atomic E-state index is 11.5. The van der Waals surface area contributed by atoms with Crippen LogP contribution in [-0.4, -0.2) is 23.2 Å². The monoisotopic (exact) mass is 341 g/mol. The molecule has 1 atom stereocenters. The summed E-state index contributed by atoms with van der Waals surface area (Å²) >= 11 is 3.34. The van der Waals surface area contributed by atoms with E-state index in [0.29, 0.717) is 5.69 Å². The Hall–Kier alpha value is -0.940. The minimum absolute atomic E-state index is 0.0232. The zero-order valence-corrected chi connectivity index (χ0v) is 13.4. The normalized spacial score (nSPS) is 25.8. The molecule has 1 fully saturated rings. The fourth-order valence-corrected chi connectivity index (χ4v) is 3.18. The van der Waals surface area contributed by atoms with Gasteiger partial charge in [0, 0.05) is 10.7 Å². The van der Waals surface area contributed by atoms with Crippen LogP contribution in [0.15, 0.2) is 22.8 Å². The molecule has 0 saturated heterocycles. The molecule has 1 saturated carbocycles. The number of ether oxygens (including phenoxy) is 1. The van der Waals surface area contributed by atoms with E-state index in [1.54, 1.807) is 6.20 Å². The third kappa shape index (κ3) is 3.20. The molecule has 0 radical (unpaired) electrons. The predicted molar refractivity (Wildman–Crippen MR) is 79.0 cm³/mol. The number of carbonyl (C=O) groups is 1. The summed E-state index contributed by atoms with van der Waals surface area (Å²) in [5, 5.41) is 10.8. The Morgan fingerprint density at radius 2 is 2.05 bits per heavy atom. The van der Waals surface area contributed by atoms with Crippen molar-refractivity contribution in [3.8, 4) is 0 Å². The summed E-state index contributed by atoms with van der Waals surface area (Å²) in [5.74, 6) is -0.0353. The lowest BCUT2D eigenvalue weighted by Crippen LogP contribution is -2.36. The highest BCUT2D eigenvalue weighted by molar-refractivity contribution is 9.10. The standard InChI is InChI=1S/C15H20BrNO3/c1-15(19,13-8-7-12(16)9-17-13)11-5-3-10(4-6-11)14(18)20-2/h7-11,19H,3-6H2,1-2H3/t10-,11-,15-/m0/s1. The van der Waals surface area contributed by atoms with Crippen molar-refractivity contribution in [2.24, 2.45) is 11.8 Å². The largest absolute Gasteiger partial charge is 0.469 e. The fourth-order valence-electron chi connectivity index (χ4n) is 2.94. The van der Waals surface area contributed by atoms with Crippen LogP contribution in [0.25, 0.3) is 0 Å². The van der Waals surface area contributed by atoms with Gasteiger partial charge in [-0.25, -0.2) is 0 Å². The highest BCUT2D eigenvalue weighted by atomic mass is 79.9. The molecule has 0 aromatic carbocycles. The van der Waals surface area contributed by atoms with Crippen LogP contribution in [-0.2, 0) is 15.1 Å². The van der Waals surface area contributed by atoms with E-state index in [2.05, 4.69) is 20.9 Å². The molecular formula is C15H20BrNO3. The number of hydrogen-bond donors (Lipinski definition) is 1. The van der Waals surface area contributed by atoms with E-state index in [1.165, 1.54) is 7.11 Å². The van der Waals surface area contributed by atoms with Crippen molar-refractivity contribution >= 4 is 21.9 Å². The van der Waals surface area contributed by atoms with Gasteiger partial charge in [-0.2, -0.15) is 0 Å². The number of carbonyl (C=O) groups excluding carboxylic acids is 1. The van der Waals surface area contributed by atoms with Gasteiger partial charge >= 0.3 is 5.97 Å². The molecule has 20 heavy (non-hydrogen) atoms. The van der Waals surface area contributed by atoms with Crippen molar-refractivity contribution in [2.75, 3.05) is 7.11 Å². The summed E-state index contributed by atoms with van der Waals surface area (Å²) in [5.41, 5.74) is -0.274. The molecule has 1 aliphatic rings. The SMILES string of the molecule is COC(=O)[C@H]1CC[C@H]([C@](C)(O)c2ccc(Br)cn2)CC1. The highest BCUT2D eigenvalue weighted by Crippen LogP contribution is 2.40. The van der Waals surface area contributed by atoms with Crippen molar-refractivity contribution in [1.82, 2.24) is 4.98 Å². The van der Waals surface area contributed by atoms with E-state index >= 15 is 0 Å². The third-order valence-corrected chi connectivity index (χ3v) is 4.77.